The van der Waals surface area contributed by atoms with Crippen LogP contribution in [0.2, 0.25) is 0 Å². The van der Waals surface area contributed by atoms with E-state index in [0.29, 0.717) is 0 Å². The van der Waals surface area contributed by atoms with Gasteiger partial charge in [-0.25, -0.2) is 0 Å². The van der Waals surface area contributed by atoms with Crippen LogP contribution in [0.3, 0.4) is 0 Å². The molecule has 1 aromatic rings. The molecule has 18 heavy (non-hydrogen) atoms. The van der Waals surface area contributed by atoms with Crippen LogP contribution in [0.1, 0.15) is 45.1 Å². The molecule has 1 aromatic heterocycles. The molecule has 1 aliphatic rings. The van der Waals surface area contributed by atoms with Gasteiger partial charge in [-0.15, -0.1) is 0 Å². The Morgan fingerprint density at radius 1 is 1.39 bits per heavy atom. The maximum Gasteiger partial charge on any atom is 0.0223 e. The summed E-state index contributed by atoms with van der Waals surface area (Å²) in [5.74, 6) is 1.26. The van der Waals surface area contributed by atoms with E-state index >= 15 is 0 Å². The molecule has 0 saturated heterocycles. The van der Waals surface area contributed by atoms with Crippen molar-refractivity contribution in [1.82, 2.24) is 9.88 Å². The second-order valence-corrected chi connectivity index (χ2v) is 6.80. The summed E-state index contributed by atoms with van der Waals surface area (Å²) in [5.41, 5.74) is 1.43. The van der Waals surface area contributed by atoms with Crippen LogP contribution in [-0.2, 0) is 13.1 Å². The van der Waals surface area contributed by atoms with E-state index in [0.717, 1.165) is 24.4 Å². The van der Waals surface area contributed by atoms with Crippen molar-refractivity contribution in [1.29, 1.82) is 0 Å². The monoisotopic (exact) mass is 266 g/mol. The van der Waals surface area contributed by atoms with E-state index in [2.05, 4.69) is 54.0 Å². The number of aromatic nitrogens is 1. The SMILES string of the molecule is CCCn1ccc(CNC2CCC(SCC)C2)c1. The zero-order valence-electron chi connectivity index (χ0n) is 11.7. The molecule has 2 unspecified atom stereocenters. The van der Waals surface area contributed by atoms with Crippen molar-refractivity contribution in [3.05, 3.63) is 24.0 Å². The fourth-order valence-corrected chi connectivity index (χ4v) is 3.91. The average Bonchev–Trinajstić information content (AvgIpc) is 2.97. The minimum atomic E-state index is 0.739. The van der Waals surface area contributed by atoms with Crippen molar-refractivity contribution in [3.63, 3.8) is 0 Å². The summed E-state index contributed by atoms with van der Waals surface area (Å²) < 4.78 is 2.29. The quantitative estimate of drug-likeness (QED) is 0.811. The molecule has 0 radical (unpaired) electrons. The van der Waals surface area contributed by atoms with Crippen molar-refractivity contribution >= 4 is 11.8 Å². The van der Waals surface area contributed by atoms with Gasteiger partial charge in [-0.2, -0.15) is 11.8 Å². The minimum Gasteiger partial charge on any atom is -0.354 e. The molecule has 0 aromatic carbocycles. The highest BCUT2D eigenvalue weighted by Crippen LogP contribution is 2.29. The largest absolute Gasteiger partial charge is 0.354 e. The summed E-state index contributed by atoms with van der Waals surface area (Å²) in [6.45, 7) is 6.66. The summed E-state index contributed by atoms with van der Waals surface area (Å²) in [6.07, 6.45) is 9.79. The van der Waals surface area contributed by atoms with Crippen LogP contribution >= 0.6 is 11.8 Å². The average molecular weight is 266 g/mol. The third-order valence-electron chi connectivity index (χ3n) is 3.68. The van der Waals surface area contributed by atoms with Gasteiger partial charge >= 0.3 is 0 Å². The zero-order valence-corrected chi connectivity index (χ0v) is 12.5. The molecule has 0 spiro atoms. The van der Waals surface area contributed by atoms with Crippen molar-refractivity contribution in [2.24, 2.45) is 0 Å². The molecule has 1 heterocycles. The molecule has 0 bridgehead atoms. The standard InChI is InChI=1S/C15H26N2S/c1-3-8-17-9-7-13(12-17)11-16-14-5-6-15(10-14)18-4-2/h7,9,12,14-16H,3-6,8,10-11H2,1-2H3. The molecule has 2 atom stereocenters. The number of nitrogens with one attached hydrogen (secondary N) is 1. The highest BCUT2D eigenvalue weighted by atomic mass is 32.2. The molecular formula is C15H26N2S. The van der Waals surface area contributed by atoms with E-state index in [1.54, 1.807) is 0 Å². The molecular weight excluding hydrogens is 240 g/mol. The number of hydrogen-bond acceptors (Lipinski definition) is 2. The van der Waals surface area contributed by atoms with Crippen LogP contribution in [0.25, 0.3) is 0 Å². The third kappa shape index (κ3) is 4.06. The normalized spacial score (nSPS) is 23.7. The summed E-state index contributed by atoms with van der Waals surface area (Å²) in [6, 6.07) is 2.99. The second kappa shape index (κ2) is 7.25. The molecule has 0 aliphatic heterocycles. The Morgan fingerprint density at radius 2 is 2.28 bits per heavy atom. The number of aryl methyl sites for hydroxylation is 1. The molecule has 1 N–H and O–H groups in total. The number of nitrogens with zero attached hydrogens (tertiary/aromatic N) is 1. The van der Waals surface area contributed by atoms with Crippen LogP contribution in [0, 0.1) is 0 Å². The molecule has 3 heteroatoms. The lowest BCUT2D eigenvalue weighted by atomic mass is 10.2. The molecule has 1 aliphatic carbocycles. The minimum absolute atomic E-state index is 0.739. The van der Waals surface area contributed by atoms with Crippen molar-refractivity contribution in [2.75, 3.05) is 5.75 Å². The van der Waals surface area contributed by atoms with E-state index < -0.39 is 0 Å². The Labute approximate surface area is 116 Å². The van der Waals surface area contributed by atoms with Crippen molar-refractivity contribution in [2.45, 2.75) is 63.9 Å². The third-order valence-corrected chi connectivity index (χ3v) is 4.91. The summed E-state index contributed by atoms with van der Waals surface area (Å²) in [4.78, 5) is 0. The van der Waals surface area contributed by atoms with Crippen LogP contribution < -0.4 is 5.32 Å². The van der Waals surface area contributed by atoms with Gasteiger partial charge < -0.3 is 9.88 Å². The first-order valence-electron chi connectivity index (χ1n) is 7.31. The van der Waals surface area contributed by atoms with E-state index in [1.165, 1.54) is 37.0 Å². The maximum absolute atomic E-state index is 3.72. The van der Waals surface area contributed by atoms with Gasteiger partial charge in [0.25, 0.3) is 0 Å². The number of rotatable bonds is 7. The second-order valence-electron chi connectivity index (χ2n) is 5.23. The van der Waals surface area contributed by atoms with Crippen LogP contribution in [-0.4, -0.2) is 21.6 Å². The van der Waals surface area contributed by atoms with Crippen LogP contribution in [0.5, 0.6) is 0 Å². The number of hydrogen-bond donors (Lipinski definition) is 1. The highest BCUT2D eigenvalue weighted by Gasteiger charge is 2.23. The van der Waals surface area contributed by atoms with E-state index in [1.807, 2.05) is 0 Å². The predicted molar refractivity (Wildman–Crippen MR) is 81.1 cm³/mol. The van der Waals surface area contributed by atoms with Gasteiger partial charge in [-0.1, -0.05) is 13.8 Å². The van der Waals surface area contributed by atoms with Crippen molar-refractivity contribution < 1.29 is 0 Å². The Hall–Kier alpha value is -0.410. The van der Waals surface area contributed by atoms with Gasteiger partial charge in [0.05, 0.1) is 0 Å². The molecule has 1 fully saturated rings. The van der Waals surface area contributed by atoms with Gasteiger partial charge in [0.1, 0.15) is 0 Å². The predicted octanol–water partition coefficient (Wildman–Crippen LogP) is 3.66. The van der Waals surface area contributed by atoms with Gasteiger partial charge in [-0.3, -0.25) is 0 Å². The van der Waals surface area contributed by atoms with Crippen molar-refractivity contribution in [3.8, 4) is 0 Å². The molecule has 2 nitrogen and oxygen atoms in total. The first-order valence-corrected chi connectivity index (χ1v) is 8.36. The van der Waals surface area contributed by atoms with Gasteiger partial charge in [0.2, 0.25) is 0 Å². The van der Waals surface area contributed by atoms with Crippen LogP contribution in [0.4, 0.5) is 0 Å². The Bertz CT molecular complexity index is 348. The molecule has 1 saturated carbocycles. The topological polar surface area (TPSA) is 17.0 Å². The fraction of sp³-hybridized carbons (Fsp3) is 0.733. The smallest absolute Gasteiger partial charge is 0.0223 e. The van der Waals surface area contributed by atoms with E-state index in [-0.39, 0.29) is 0 Å². The molecule has 0 amide bonds. The lowest BCUT2D eigenvalue weighted by Crippen LogP contribution is -2.25. The van der Waals surface area contributed by atoms with E-state index in [9.17, 15) is 0 Å². The van der Waals surface area contributed by atoms with Gasteiger partial charge in [0, 0.05) is 36.8 Å². The summed E-state index contributed by atoms with van der Waals surface area (Å²) in [5, 5.41) is 4.62. The van der Waals surface area contributed by atoms with Gasteiger partial charge in [0.15, 0.2) is 0 Å². The fourth-order valence-electron chi connectivity index (χ4n) is 2.77. The molecule has 102 valence electrons. The lowest BCUT2D eigenvalue weighted by Gasteiger charge is -2.12. The Balaban J connectivity index is 1.71. The Kier molecular flexibility index (Phi) is 5.64. The maximum atomic E-state index is 3.72. The Morgan fingerprint density at radius 3 is 3.06 bits per heavy atom. The summed E-state index contributed by atoms with van der Waals surface area (Å²) >= 11 is 2.13. The van der Waals surface area contributed by atoms with Gasteiger partial charge in [-0.05, 0) is 43.1 Å². The number of thioether (sulfide) groups is 1. The summed E-state index contributed by atoms with van der Waals surface area (Å²) in [7, 11) is 0. The van der Waals surface area contributed by atoms with E-state index in [4.69, 9.17) is 0 Å². The molecule has 2 rings (SSSR count). The van der Waals surface area contributed by atoms with Crippen LogP contribution in [0.15, 0.2) is 18.5 Å². The lowest BCUT2D eigenvalue weighted by molar-refractivity contribution is 0.524. The highest BCUT2D eigenvalue weighted by molar-refractivity contribution is 7.99. The first kappa shape index (κ1) is 14.0. The first-order chi connectivity index (χ1) is 8.81. The zero-order chi connectivity index (χ0) is 12.8.